The van der Waals surface area contributed by atoms with Crippen LogP contribution in [0.3, 0.4) is 0 Å². The van der Waals surface area contributed by atoms with E-state index in [1.54, 1.807) is 0 Å². The third-order valence-corrected chi connectivity index (χ3v) is 4.03. The summed E-state index contributed by atoms with van der Waals surface area (Å²) in [6, 6.07) is 6.71. The minimum atomic E-state index is 0.206. The topological polar surface area (TPSA) is 41.1 Å². The van der Waals surface area contributed by atoms with Crippen molar-refractivity contribution in [3.05, 3.63) is 40.8 Å². The van der Waals surface area contributed by atoms with Crippen LogP contribution in [0.4, 0.5) is 17.2 Å². The Kier molecular flexibility index (Phi) is 3.26. The number of aromatic nitrogens is 2. The van der Waals surface area contributed by atoms with E-state index in [0.717, 1.165) is 23.6 Å². The van der Waals surface area contributed by atoms with Crippen molar-refractivity contribution in [3.63, 3.8) is 0 Å². The Morgan fingerprint density at radius 2 is 2.15 bits per heavy atom. The van der Waals surface area contributed by atoms with Crippen molar-refractivity contribution in [2.45, 2.75) is 26.3 Å². The third-order valence-electron chi connectivity index (χ3n) is 3.75. The summed E-state index contributed by atoms with van der Waals surface area (Å²) in [6.45, 7) is 4.26. The molecule has 0 radical (unpaired) electrons. The van der Waals surface area contributed by atoms with Crippen LogP contribution in [0.2, 0.25) is 5.15 Å². The molecule has 3 rings (SSSR count). The highest BCUT2D eigenvalue weighted by atomic mass is 35.5. The molecule has 20 heavy (non-hydrogen) atoms. The highest BCUT2D eigenvalue weighted by Crippen LogP contribution is 2.42. The first-order valence-corrected chi connectivity index (χ1v) is 7.11. The summed E-state index contributed by atoms with van der Waals surface area (Å²) in [5.41, 5.74) is 4.46. The van der Waals surface area contributed by atoms with Crippen LogP contribution in [0, 0.1) is 6.92 Å². The molecular weight excluding hydrogens is 272 g/mol. The number of rotatable bonds is 1. The van der Waals surface area contributed by atoms with Crippen molar-refractivity contribution >= 4 is 28.8 Å². The van der Waals surface area contributed by atoms with E-state index < -0.39 is 0 Å². The fourth-order valence-electron chi connectivity index (χ4n) is 2.66. The van der Waals surface area contributed by atoms with Crippen LogP contribution in [0.5, 0.6) is 0 Å². The van der Waals surface area contributed by atoms with Gasteiger partial charge in [-0.25, -0.2) is 9.97 Å². The largest absolute Gasteiger partial charge is 0.373 e. The molecule has 2 heterocycles. The van der Waals surface area contributed by atoms with Crippen molar-refractivity contribution in [1.29, 1.82) is 0 Å². The molecule has 5 heteroatoms. The Bertz CT molecular complexity index is 656. The van der Waals surface area contributed by atoms with Gasteiger partial charge in [-0.2, -0.15) is 0 Å². The summed E-state index contributed by atoms with van der Waals surface area (Å²) in [5, 5.41) is 3.95. The zero-order valence-corrected chi connectivity index (χ0v) is 12.6. The van der Waals surface area contributed by atoms with Gasteiger partial charge in [-0.05, 0) is 30.5 Å². The highest BCUT2D eigenvalue weighted by molar-refractivity contribution is 6.32. The number of nitrogens with one attached hydrogen (secondary N) is 1. The summed E-state index contributed by atoms with van der Waals surface area (Å²) in [5.74, 6) is 0.813. The van der Waals surface area contributed by atoms with E-state index in [0.29, 0.717) is 5.15 Å². The van der Waals surface area contributed by atoms with Crippen molar-refractivity contribution in [2.24, 2.45) is 0 Å². The smallest absolute Gasteiger partial charge is 0.161 e. The maximum Gasteiger partial charge on any atom is 0.161 e. The zero-order valence-electron chi connectivity index (χ0n) is 11.8. The van der Waals surface area contributed by atoms with Gasteiger partial charge in [0.2, 0.25) is 0 Å². The van der Waals surface area contributed by atoms with Gasteiger partial charge in [0.25, 0.3) is 0 Å². The van der Waals surface area contributed by atoms with E-state index in [2.05, 4.69) is 52.2 Å². The highest BCUT2D eigenvalue weighted by Gasteiger charge is 2.26. The van der Waals surface area contributed by atoms with Gasteiger partial charge in [-0.1, -0.05) is 30.7 Å². The minimum Gasteiger partial charge on any atom is -0.373 e. The van der Waals surface area contributed by atoms with Gasteiger partial charge in [-0.3, -0.25) is 0 Å². The second-order valence-electron chi connectivity index (χ2n) is 5.09. The number of hydrogen-bond donors (Lipinski definition) is 1. The summed E-state index contributed by atoms with van der Waals surface area (Å²) >= 11 is 6.24. The van der Waals surface area contributed by atoms with Crippen molar-refractivity contribution in [1.82, 2.24) is 9.97 Å². The monoisotopic (exact) mass is 288 g/mol. The second kappa shape index (κ2) is 4.94. The summed E-state index contributed by atoms with van der Waals surface area (Å²) in [7, 11) is 2.01. The molecule has 0 saturated heterocycles. The number of aryl methyl sites for hydroxylation is 1. The van der Waals surface area contributed by atoms with Crippen molar-refractivity contribution in [2.75, 3.05) is 17.3 Å². The molecule has 0 bridgehead atoms. The zero-order chi connectivity index (χ0) is 14.3. The molecule has 0 fully saturated rings. The number of hydrogen-bond acceptors (Lipinski definition) is 4. The molecule has 1 N–H and O–H groups in total. The molecule has 0 aliphatic carbocycles. The third kappa shape index (κ3) is 2.00. The van der Waals surface area contributed by atoms with Gasteiger partial charge >= 0.3 is 0 Å². The van der Waals surface area contributed by atoms with Crippen molar-refractivity contribution in [3.8, 4) is 0 Å². The van der Waals surface area contributed by atoms with Crippen LogP contribution in [0.15, 0.2) is 24.5 Å². The fraction of sp³-hybridized carbons (Fsp3) is 0.333. The first kappa shape index (κ1) is 13.2. The molecule has 1 atom stereocenters. The van der Waals surface area contributed by atoms with Gasteiger partial charge in [0.1, 0.15) is 12.0 Å². The first-order valence-electron chi connectivity index (χ1n) is 6.73. The average Bonchev–Trinajstić information content (AvgIpc) is 2.56. The molecule has 4 nitrogen and oxygen atoms in total. The molecule has 2 aromatic rings. The second-order valence-corrected chi connectivity index (χ2v) is 5.45. The van der Waals surface area contributed by atoms with Gasteiger partial charge in [-0.15, -0.1) is 0 Å². The molecule has 1 aliphatic heterocycles. The lowest BCUT2D eigenvalue weighted by molar-refractivity contribution is 0.753. The Hall–Kier alpha value is -1.81. The van der Waals surface area contributed by atoms with Gasteiger partial charge in [0, 0.05) is 12.7 Å². The van der Waals surface area contributed by atoms with Gasteiger partial charge in [0.05, 0.1) is 6.04 Å². The Balaban J connectivity index is 2.25. The minimum absolute atomic E-state index is 0.206. The summed E-state index contributed by atoms with van der Waals surface area (Å²) in [6.07, 6.45) is 2.47. The van der Waals surface area contributed by atoms with E-state index in [4.69, 9.17) is 11.6 Å². The molecule has 1 aromatic carbocycles. The van der Waals surface area contributed by atoms with Crippen molar-refractivity contribution < 1.29 is 0 Å². The lowest BCUT2D eigenvalue weighted by atomic mass is 10.0. The van der Waals surface area contributed by atoms with E-state index in [9.17, 15) is 0 Å². The first-order chi connectivity index (χ1) is 9.61. The van der Waals surface area contributed by atoms with Gasteiger partial charge in [0.15, 0.2) is 11.0 Å². The van der Waals surface area contributed by atoms with Gasteiger partial charge < -0.3 is 10.2 Å². The van der Waals surface area contributed by atoms with E-state index in [-0.39, 0.29) is 6.04 Å². The number of halogens is 1. The quantitative estimate of drug-likeness (QED) is 0.803. The van der Waals surface area contributed by atoms with Crippen LogP contribution in [0.25, 0.3) is 0 Å². The van der Waals surface area contributed by atoms with Crippen LogP contribution in [-0.4, -0.2) is 17.0 Å². The molecule has 104 valence electrons. The summed E-state index contributed by atoms with van der Waals surface area (Å²) in [4.78, 5) is 10.5. The van der Waals surface area contributed by atoms with E-state index >= 15 is 0 Å². The van der Waals surface area contributed by atoms with Crippen LogP contribution in [-0.2, 0) is 0 Å². The molecular formula is C15H17ClN4. The molecule has 1 unspecified atom stereocenters. The Morgan fingerprint density at radius 1 is 1.35 bits per heavy atom. The Morgan fingerprint density at radius 3 is 2.90 bits per heavy atom. The molecule has 0 amide bonds. The molecule has 0 saturated carbocycles. The standard InChI is InChI=1S/C15H17ClN4/c1-4-11-10-6-5-9(2)7-12(10)20(3)15-13(19-11)14(16)17-8-18-15/h5-8,11,19H,4H2,1-3H3. The normalized spacial score (nSPS) is 17.0. The summed E-state index contributed by atoms with van der Waals surface area (Å²) < 4.78 is 0. The number of benzene rings is 1. The lowest BCUT2D eigenvalue weighted by Crippen LogP contribution is -2.12. The number of nitrogens with zero attached hydrogens (tertiary/aromatic N) is 3. The maximum atomic E-state index is 6.24. The molecule has 0 spiro atoms. The van der Waals surface area contributed by atoms with E-state index in [1.807, 2.05) is 7.05 Å². The Labute approximate surface area is 123 Å². The van der Waals surface area contributed by atoms with Crippen LogP contribution >= 0.6 is 11.6 Å². The number of fused-ring (bicyclic) bond motifs is 2. The predicted molar refractivity (Wildman–Crippen MR) is 82.9 cm³/mol. The number of anilines is 3. The molecule has 1 aromatic heterocycles. The lowest BCUT2D eigenvalue weighted by Gasteiger charge is -2.21. The average molecular weight is 289 g/mol. The SMILES string of the molecule is CCC1Nc2c(Cl)ncnc2N(C)c2cc(C)ccc21. The molecule has 1 aliphatic rings. The fourth-order valence-corrected chi connectivity index (χ4v) is 2.84. The van der Waals surface area contributed by atoms with E-state index in [1.165, 1.54) is 17.5 Å². The predicted octanol–water partition coefficient (Wildman–Crippen LogP) is 4.08. The van der Waals surface area contributed by atoms with Crippen LogP contribution < -0.4 is 10.2 Å². The maximum absolute atomic E-state index is 6.24. The van der Waals surface area contributed by atoms with Crippen LogP contribution in [0.1, 0.15) is 30.5 Å².